The fourth-order valence-electron chi connectivity index (χ4n) is 2.97. The summed E-state index contributed by atoms with van der Waals surface area (Å²) in [6, 6.07) is 20.2. The summed E-state index contributed by atoms with van der Waals surface area (Å²) in [6.07, 6.45) is 5.60. The van der Waals surface area contributed by atoms with Gasteiger partial charge in [0.25, 0.3) is 0 Å². The molecule has 2 aromatic rings. The number of allylic oxidation sites excluding steroid dienone is 2. The van der Waals surface area contributed by atoms with Gasteiger partial charge in [-0.2, -0.15) is 0 Å². The first-order valence-electron chi connectivity index (χ1n) is 8.00. The molecule has 5 rings (SSSR count). The molecule has 0 fully saturated rings. The van der Waals surface area contributed by atoms with Crippen molar-refractivity contribution < 1.29 is 0 Å². The van der Waals surface area contributed by atoms with E-state index >= 15 is 0 Å². The molecule has 0 aliphatic carbocycles. The van der Waals surface area contributed by atoms with Crippen molar-refractivity contribution in [1.82, 2.24) is 4.90 Å². The zero-order chi connectivity index (χ0) is 16.6. The van der Waals surface area contributed by atoms with Gasteiger partial charge in [0.2, 0.25) is 11.9 Å². The van der Waals surface area contributed by atoms with E-state index in [4.69, 9.17) is 0 Å². The molecule has 5 heteroatoms. The van der Waals surface area contributed by atoms with E-state index < -0.39 is 0 Å². The number of hydrogen-bond donors (Lipinski definition) is 0. The number of aliphatic imine (C=N–C) groups is 4. The van der Waals surface area contributed by atoms with Gasteiger partial charge < -0.3 is 0 Å². The molecule has 0 saturated heterocycles. The molecule has 0 aromatic heterocycles. The van der Waals surface area contributed by atoms with Gasteiger partial charge in [0.15, 0.2) is 0 Å². The first kappa shape index (κ1) is 13.8. The average molecular weight is 323 g/mol. The molecule has 118 valence electrons. The van der Waals surface area contributed by atoms with E-state index in [2.05, 4.69) is 20.0 Å². The largest absolute Gasteiger partial charge is 0.246 e. The van der Waals surface area contributed by atoms with Gasteiger partial charge in [0.05, 0.1) is 17.1 Å². The zero-order valence-electron chi connectivity index (χ0n) is 13.2. The molecule has 25 heavy (non-hydrogen) atoms. The molecule has 3 aliphatic heterocycles. The summed E-state index contributed by atoms with van der Waals surface area (Å²) in [5.74, 6) is 1.18. The van der Waals surface area contributed by atoms with E-state index in [1.54, 1.807) is 0 Å². The molecule has 0 N–H and O–H groups in total. The Labute approximate surface area is 144 Å². The number of hydrogen-bond acceptors (Lipinski definition) is 5. The second kappa shape index (κ2) is 5.49. The first-order chi connectivity index (χ1) is 12.4. The van der Waals surface area contributed by atoms with Crippen LogP contribution in [0.3, 0.4) is 0 Å². The third-order valence-electron chi connectivity index (χ3n) is 4.15. The third-order valence-corrected chi connectivity index (χ3v) is 4.15. The lowest BCUT2D eigenvalue weighted by molar-refractivity contribution is 0.738. The quantitative estimate of drug-likeness (QED) is 0.834. The lowest BCUT2D eigenvalue weighted by Gasteiger charge is -2.31. The molecule has 3 heterocycles. The Bertz CT molecular complexity index is 985. The molecular formula is C20H13N5. The van der Waals surface area contributed by atoms with Crippen LogP contribution >= 0.6 is 0 Å². The standard InChI is InChI=1S/C20H13N5/c1-3-7-14(8-4-1)17-11-16-12-18(15-9-5-2-6-10-15)24-20-22-13-21-19(23-17)25(16)20/h1-13H. The molecule has 0 unspecified atom stereocenters. The Morgan fingerprint density at radius 3 is 2.16 bits per heavy atom. The highest BCUT2D eigenvalue weighted by Gasteiger charge is 2.30. The predicted octanol–water partition coefficient (Wildman–Crippen LogP) is 3.48. The van der Waals surface area contributed by atoms with E-state index in [0.717, 1.165) is 28.2 Å². The van der Waals surface area contributed by atoms with E-state index in [1.807, 2.05) is 77.7 Å². The predicted molar refractivity (Wildman–Crippen MR) is 101 cm³/mol. The molecule has 3 aliphatic rings. The van der Waals surface area contributed by atoms with Crippen LogP contribution in [-0.2, 0) is 0 Å². The Morgan fingerprint density at radius 1 is 0.680 bits per heavy atom. The second-order valence-corrected chi connectivity index (χ2v) is 5.75. The fourth-order valence-corrected chi connectivity index (χ4v) is 2.97. The van der Waals surface area contributed by atoms with Gasteiger partial charge in [-0.3, -0.25) is 0 Å². The van der Waals surface area contributed by atoms with E-state index in [0.29, 0.717) is 11.9 Å². The van der Waals surface area contributed by atoms with Crippen LogP contribution < -0.4 is 0 Å². The summed E-state index contributed by atoms with van der Waals surface area (Å²) in [5.41, 5.74) is 4.84. The Balaban J connectivity index is 1.66. The Morgan fingerprint density at radius 2 is 1.40 bits per heavy atom. The normalized spacial score (nSPS) is 17.8. The van der Waals surface area contributed by atoms with Crippen molar-refractivity contribution in [3.63, 3.8) is 0 Å². The van der Waals surface area contributed by atoms with Crippen LogP contribution in [0.2, 0.25) is 0 Å². The minimum Gasteiger partial charge on any atom is -0.246 e. The summed E-state index contributed by atoms with van der Waals surface area (Å²) in [6.45, 7) is 0. The van der Waals surface area contributed by atoms with Crippen LogP contribution in [0.5, 0.6) is 0 Å². The van der Waals surface area contributed by atoms with Gasteiger partial charge >= 0.3 is 0 Å². The van der Waals surface area contributed by atoms with Crippen molar-refractivity contribution in [2.45, 2.75) is 0 Å². The van der Waals surface area contributed by atoms with Crippen LogP contribution in [0.1, 0.15) is 11.1 Å². The minimum atomic E-state index is 0.591. The average Bonchev–Trinajstić information content (AvgIpc) is 2.69. The van der Waals surface area contributed by atoms with Gasteiger partial charge in [0, 0.05) is 11.1 Å². The Hall–Kier alpha value is -3.60. The van der Waals surface area contributed by atoms with Crippen LogP contribution in [0.4, 0.5) is 0 Å². The highest BCUT2D eigenvalue weighted by atomic mass is 15.4. The summed E-state index contributed by atoms with van der Waals surface area (Å²) in [7, 11) is 0. The van der Waals surface area contributed by atoms with Crippen LogP contribution in [0, 0.1) is 0 Å². The van der Waals surface area contributed by atoms with E-state index in [1.165, 1.54) is 6.34 Å². The van der Waals surface area contributed by atoms with Crippen molar-refractivity contribution in [3.8, 4) is 0 Å². The SMILES string of the molecule is C1=NC2=NC(c3ccccc3)=CC3=CC(c4ccccc4)=NC(=N1)N32. The van der Waals surface area contributed by atoms with E-state index in [-0.39, 0.29) is 0 Å². The molecule has 2 aromatic carbocycles. The van der Waals surface area contributed by atoms with Gasteiger partial charge in [-0.15, -0.1) is 0 Å². The van der Waals surface area contributed by atoms with Crippen molar-refractivity contribution in [2.75, 3.05) is 0 Å². The molecule has 0 radical (unpaired) electrons. The van der Waals surface area contributed by atoms with Gasteiger partial charge in [-0.25, -0.2) is 24.9 Å². The molecule has 5 nitrogen and oxygen atoms in total. The van der Waals surface area contributed by atoms with Crippen molar-refractivity contribution in [1.29, 1.82) is 0 Å². The van der Waals surface area contributed by atoms with Crippen molar-refractivity contribution in [3.05, 3.63) is 89.6 Å². The van der Waals surface area contributed by atoms with Gasteiger partial charge in [-0.05, 0) is 12.2 Å². The summed E-state index contributed by atoms with van der Waals surface area (Å²) >= 11 is 0. The van der Waals surface area contributed by atoms with Gasteiger partial charge in [-0.1, -0.05) is 60.7 Å². The van der Waals surface area contributed by atoms with Crippen molar-refractivity contribution >= 4 is 29.7 Å². The first-order valence-corrected chi connectivity index (χ1v) is 8.00. The minimum absolute atomic E-state index is 0.591. The Kier molecular flexibility index (Phi) is 3.03. The molecule has 0 atom stereocenters. The summed E-state index contributed by atoms with van der Waals surface area (Å²) < 4.78 is 0. The monoisotopic (exact) mass is 323 g/mol. The summed E-state index contributed by atoms with van der Waals surface area (Å²) in [4.78, 5) is 19.9. The molecule has 0 spiro atoms. The van der Waals surface area contributed by atoms with Crippen LogP contribution in [-0.4, -0.2) is 28.9 Å². The maximum Gasteiger partial charge on any atom is 0.239 e. The second-order valence-electron chi connectivity index (χ2n) is 5.75. The molecule has 0 amide bonds. The zero-order valence-corrected chi connectivity index (χ0v) is 13.2. The smallest absolute Gasteiger partial charge is 0.239 e. The lowest BCUT2D eigenvalue weighted by Crippen LogP contribution is -2.40. The van der Waals surface area contributed by atoms with Crippen LogP contribution in [0.15, 0.2) is 98.5 Å². The highest BCUT2D eigenvalue weighted by Crippen LogP contribution is 2.29. The maximum absolute atomic E-state index is 4.67. The highest BCUT2D eigenvalue weighted by molar-refractivity contribution is 6.22. The van der Waals surface area contributed by atoms with Crippen LogP contribution in [0.25, 0.3) is 5.70 Å². The third kappa shape index (κ3) is 2.33. The fraction of sp³-hybridized carbons (Fsp3) is 0. The lowest BCUT2D eigenvalue weighted by atomic mass is 10.0. The summed E-state index contributed by atoms with van der Waals surface area (Å²) in [5, 5.41) is 0. The maximum atomic E-state index is 4.67. The number of benzene rings is 2. The molecule has 0 saturated carbocycles. The number of guanidine groups is 2. The molecule has 0 bridgehead atoms. The molecular weight excluding hydrogens is 310 g/mol. The van der Waals surface area contributed by atoms with Gasteiger partial charge in [0.1, 0.15) is 6.34 Å². The number of rotatable bonds is 2. The van der Waals surface area contributed by atoms with E-state index in [9.17, 15) is 0 Å². The van der Waals surface area contributed by atoms with Crippen molar-refractivity contribution in [2.24, 2.45) is 20.0 Å². The number of nitrogens with zero attached hydrogens (tertiary/aromatic N) is 5. The topological polar surface area (TPSA) is 52.7 Å².